The Kier molecular flexibility index (Phi) is 3.26. The van der Waals surface area contributed by atoms with Gasteiger partial charge in [-0.3, -0.25) is 0 Å². The molecule has 2 rings (SSSR count). The number of thiazole rings is 1. The summed E-state index contributed by atoms with van der Waals surface area (Å²) in [6.45, 7) is 2.12. The van der Waals surface area contributed by atoms with Gasteiger partial charge < -0.3 is 9.30 Å². The highest BCUT2D eigenvalue weighted by Gasteiger charge is 1.94. The van der Waals surface area contributed by atoms with E-state index in [1.165, 1.54) is 0 Å². The van der Waals surface area contributed by atoms with Crippen LogP contribution < -0.4 is 0 Å². The van der Waals surface area contributed by atoms with Crippen molar-refractivity contribution in [1.29, 1.82) is 0 Å². The molecule has 2 aromatic rings. The molecule has 0 N–H and O–H groups in total. The standard InChI is InChI=1S/C9H11N3OS/c1-2-12(7-10-1)3-4-13-5-9-6-14-8-11-9/h1-2,6-8H,3-5H2. The van der Waals surface area contributed by atoms with Gasteiger partial charge in [0, 0.05) is 24.3 Å². The van der Waals surface area contributed by atoms with Crippen LogP contribution in [0.3, 0.4) is 0 Å². The average Bonchev–Trinajstić information content (AvgIpc) is 2.86. The van der Waals surface area contributed by atoms with E-state index in [1.54, 1.807) is 23.9 Å². The first kappa shape index (κ1) is 9.36. The monoisotopic (exact) mass is 209 g/mol. The van der Waals surface area contributed by atoms with E-state index in [-0.39, 0.29) is 0 Å². The molecule has 0 radical (unpaired) electrons. The van der Waals surface area contributed by atoms with E-state index >= 15 is 0 Å². The van der Waals surface area contributed by atoms with Crippen molar-refractivity contribution in [2.75, 3.05) is 6.61 Å². The van der Waals surface area contributed by atoms with Crippen molar-refractivity contribution >= 4 is 11.3 Å². The smallest absolute Gasteiger partial charge is 0.0946 e. The lowest BCUT2D eigenvalue weighted by atomic mass is 10.5. The summed E-state index contributed by atoms with van der Waals surface area (Å²) < 4.78 is 7.43. The molecule has 0 amide bonds. The van der Waals surface area contributed by atoms with E-state index < -0.39 is 0 Å². The molecule has 0 aliphatic carbocycles. The van der Waals surface area contributed by atoms with E-state index in [9.17, 15) is 0 Å². The fraction of sp³-hybridized carbons (Fsp3) is 0.333. The second-order valence-electron chi connectivity index (χ2n) is 2.83. The predicted molar refractivity (Wildman–Crippen MR) is 54.0 cm³/mol. The van der Waals surface area contributed by atoms with Crippen LogP contribution in [0, 0.1) is 0 Å². The molecule has 5 heteroatoms. The summed E-state index contributed by atoms with van der Waals surface area (Å²) in [4.78, 5) is 8.07. The van der Waals surface area contributed by atoms with Gasteiger partial charge in [-0.25, -0.2) is 9.97 Å². The quantitative estimate of drug-likeness (QED) is 0.701. The SMILES string of the molecule is c1cn(CCOCc2cscn2)cn1. The molecule has 2 heterocycles. The van der Waals surface area contributed by atoms with Crippen LogP contribution >= 0.6 is 11.3 Å². The fourth-order valence-electron chi connectivity index (χ4n) is 1.07. The molecule has 14 heavy (non-hydrogen) atoms. The fourth-order valence-corrected chi connectivity index (χ4v) is 1.62. The summed E-state index contributed by atoms with van der Waals surface area (Å²) >= 11 is 1.59. The highest BCUT2D eigenvalue weighted by atomic mass is 32.1. The zero-order chi connectivity index (χ0) is 9.64. The van der Waals surface area contributed by atoms with Crippen molar-refractivity contribution < 1.29 is 4.74 Å². The van der Waals surface area contributed by atoms with Gasteiger partial charge in [-0.15, -0.1) is 11.3 Å². The van der Waals surface area contributed by atoms with Crippen molar-refractivity contribution in [1.82, 2.24) is 14.5 Å². The van der Waals surface area contributed by atoms with Crippen molar-refractivity contribution in [3.8, 4) is 0 Å². The maximum Gasteiger partial charge on any atom is 0.0946 e. The topological polar surface area (TPSA) is 39.9 Å². The molecule has 0 unspecified atom stereocenters. The molecule has 74 valence electrons. The van der Waals surface area contributed by atoms with E-state index in [2.05, 4.69) is 9.97 Å². The first-order chi connectivity index (χ1) is 6.95. The summed E-state index contributed by atoms with van der Waals surface area (Å²) in [5, 5.41) is 2.00. The lowest BCUT2D eigenvalue weighted by Gasteiger charge is -2.02. The molecule has 0 saturated carbocycles. The minimum absolute atomic E-state index is 0.595. The predicted octanol–water partition coefficient (Wildman–Crippen LogP) is 1.56. The lowest BCUT2D eigenvalue weighted by molar-refractivity contribution is 0.111. The first-order valence-corrected chi connectivity index (χ1v) is 5.30. The van der Waals surface area contributed by atoms with E-state index in [0.29, 0.717) is 13.2 Å². The molecule has 0 bridgehead atoms. The Morgan fingerprint density at radius 3 is 3.21 bits per heavy atom. The van der Waals surface area contributed by atoms with Gasteiger partial charge in [0.05, 0.1) is 30.7 Å². The number of rotatable bonds is 5. The van der Waals surface area contributed by atoms with Crippen molar-refractivity contribution in [3.63, 3.8) is 0 Å². The average molecular weight is 209 g/mol. The number of hydrogen-bond donors (Lipinski definition) is 0. The summed E-state index contributed by atoms with van der Waals surface area (Å²) in [6.07, 6.45) is 5.47. The number of ether oxygens (including phenoxy) is 1. The van der Waals surface area contributed by atoms with Gasteiger partial charge in [-0.1, -0.05) is 0 Å². The Balaban J connectivity index is 1.65. The minimum Gasteiger partial charge on any atom is -0.373 e. The molecule has 0 aliphatic rings. The van der Waals surface area contributed by atoms with Gasteiger partial charge in [-0.2, -0.15) is 0 Å². The zero-order valence-electron chi connectivity index (χ0n) is 7.67. The molecule has 2 aromatic heterocycles. The largest absolute Gasteiger partial charge is 0.373 e. The zero-order valence-corrected chi connectivity index (χ0v) is 8.48. The maximum absolute atomic E-state index is 5.45. The van der Waals surface area contributed by atoms with Crippen LogP contribution in [-0.4, -0.2) is 21.1 Å². The van der Waals surface area contributed by atoms with E-state index in [1.807, 2.05) is 21.7 Å². The third-order valence-electron chi connectivity index (χ3n) is 1.79. The first-order valence-electron chi connectivity index (χ1n) is 4.36. The molecule has 0 fully saturated rings. The molecule has 0 aliphatic heterocycles. The Hall–Kier alpha value is -1.20. The van der Waals surface area contributed by atoms with E-state index in [4.69, 9.17) is 4.74 Å². The second kappa shape index (κ2) is 4.88. The van der Waals surface area contributed by atoms with Crippen LogP contribution in [0.1, 0.15) is 5.69 Å². The summed E-state index contributed by atoms with van der Waals surface area (Å²) in [6, 6.07) is 0. The van der Waals surface area contributed by atoms with Crippen LogP contribution in [-0.2, 0) is 17.9 Å². The molecule has 0 spiro atoms. The summed E-state index contributed by atoms with van der Waals surface area (Å²) in [5.74, 6) is 0. The molecular formula is C9H11N3OS. The molecular weight excluding hydrogens is 198 g/mol. The lowest BCUT2D eigenvalue weighted by Crippen LogP contribution is -2.04. The van der Waals surface area contributed by atoms with Gasteiger partial charge >= 0.3 is 0 Å². The van der Waals surface area contributed by atoms with Crippen LogP contribution in [0.5, 0.6) is 0 Å². The highest BCUT2D eigenvalue weighted by Crippen LogP contribution is 2.02. The Bertz CT molecular complexity index is 308. The van der Waals surface area contributed by atoms with Gasteiger partial charge in [0.1, 0.15) is 0 Å². The third kappa shape index (κ3) is 2.65. The van der Waals surface area contributed by atoms with Crippen LogP contribution in [0.25, 0.3) is 0 Å². The Labute approximate surface area is 86.2 Å². The van der Waals surface area contributed by atoms with Crippen molar-refractivity contribution in [3.05, 3.63) is 35.3 Å². The molecule has 4 nitrogen and oxygen atoms in total. The van der Waals surface area contributed by atoms with E-state index in [0.717, 1.165) is 12.2 Å². The maximum atomic E-state index is 5.45. The van der Waals surface area contributed by atoms with Gasteiger partial charge in [-0.05, 0) is 0 Å². The normalized spacial score (nSPS) is 10.6. The molecule has 0 aromatic carbocycles. The number of hydrogen-bond acceptors (Lipinski definition) is 4. The van der Waals surface area contributed by atoms with Crippen LogP contribution in [0.15, 0.2) is 29.6 Å². The van der Waals surface area contributed by atoms with Crippen LogP contribution in [0.2, 0.25) is 0 Å². The van der Waals surface area contributed by atoms with Crippen molar-refractivity contribution in [2.24, 2.45) is 0 Å². The molecule has 0 atom stereocenters. The number of nitrogens with zero attached hydrogens (tertiary/aromatic N) is 3. The van der Waals surface area contributed by atoms with Crippen LogP contribution in [0.4, 0.5) is 0 Å². The summed E-state index contributed by atoms with van der Waals surface area (Å²) in [7, 11) is 0. The highest BCUT2D eigenvalue weighted by molar-refractivity contribution is 7.07. The molecule has 0 saturated heterocycles. The summed E-state index contributed by atoms with van der Waals surface area (Å²) in [5.41, 5.74) is 2.81. The number of aromatic nitrogens is 3. The Morgan fingerprint density at radius 1 is 1.50 bits per heavy atom. The van der Waals surface area contributed by atoms with Crippen molar-refractivity contribution in [2.45, 2.75) is 13.2 Å². The second-order valence-corrected chi connectivity index (χ2v) is 3.55. The minimum atomic E-state index is 0.595. The van der Waals surface area contributed by atoms with Gasteiger partial charge in [0.15, 0.2) is 0 Å². The third-order valence-corrected chi connectivity index (χ3v) is 2.42. The van der Waals surface area contributed by atoms with Gasteiger partial charge in [0.25, 0.3) is 0 Å². The number of imidazole rings is 1. The Morgan fingerprint density at radius 2 is 2.50 bits per heavy atom. The van der Waals surface area contributed by atoms with Gasteiger partial charge in [0.2, 0.25) is 0 Å².